The molecule has 0 bridgehead atoms. The minimum Gasteiger partial charge on any atom is -0.352 e. The van der Waals surface area contributed by atoms with Gasteiger partial charge in [-0.1, -0.05) is 30.3 Å². The van der Waals surface area contributed by atoms with Crippen molar-refractivity contribution in [2.45, 2.75) is 51.7 Å². The predicted octanol–water partition coefficient (Wildman–Crippen LogP) is 2.57. The molecule has 3 heteroatoms. The van der Waals surface area contributed by atoms with Gasteiger partial charge < -0.3 is 5.32 Å². The van der Waals surface area contributed by atoms with E-state index in [1.54, 1.807) is 0 Å². The zero-order valence-corrected chi connectivity index (χ0v) is 12.1. The molecule has 2 rings (SSSR count). The van der Waals surface area contributed by atoms with Crippen molar-refractivity contribution in [2.24, 2.45) is 0 Å². The SMILES string of the molecule is CC(C)(C)N(CC(=O)NC1CC1)Cc1ccccc1. The van der Waals surface area contributed by atoms with Crippen molar-refractivity contribution in [1.29, 1.82) is 0 Å². The first-order chi connectivity index (χ1) is 8.95. The Kier molecular flexibility index (Phi) is 4.25. The molecule has 104 valence electrons. The first-order valence-corrected chi connectivity index (χ1v) is 7.03. The number of rotatable bonds is 5. The fourth-order valence-electron chi connectivity index (χ4n) is 2.01. The van der Waals surface area contributed by atoms with Crippen LogP contribution in [0.25, 0.3) is 0 Å². The number of nitrogens with one attached hydrogen (secondary N) is 1. The molecule has 0 heterocycles. The second-order valence-electron chi connectivity index (χ2n) is 6.35. The molecular weight excluding hydrogens is 236 g/mol. The van der Waals surface area contributed by atoms with Gasteiger partial charge in [0.1, 0.15) is 0 Å². The lowest BCUT2D eigenvalue weighted by molar-refractivity contribution is -0.123. The van der Waals surface area contributed by atoms with Crippen molar-refractivity contribution in [3.63, 3.8) is 0 Å². The fraction of sp³-hybridized carbons (Fsp3) is 0.562. The van der Waals surface area contributed by atoms with E-state index in [2.05, 4.69) is 43.1 Å². The Morgan fingerprint density at radius 1 is 1.26 bits per heavy atom. The molecule has 1 N–H and O–H groups in total. The summed E-state index contributed by atoms with van der Waals surface area (Å²) in [5.74, 6) is 0.147. The molecule has 1 aromatic rings. The van der Waals surface area contributed by atoms with E-state index in [9.17, 15) is 4.79 Å². The van der Waals surface area contributed by atoms with Gasteiger partial charge in [-0.05, 0) is 39.2 Å². The van der Waals surface area contributed by atoms with Gasteiger partial charge in [-0.25, -0.2) is 0 Å². The molecule has 1 fully saturated rings. The smallest absolute Gasteiger partial charge is 0.234 e. The third-order valence-electron chi connectivity index (χ3n) is 3.44. The maximum Gasteiger partial charge on any atom is 0.234 e. The number of nitrogens with zero attached hydrogens (tertiary/aromatic N) is 1. The summed E-state index contributed by atoms with van der Waals surface area (Å²) in [6.07, 6.45) is 2.28. The van der Waals surface area contributed by atoms with Gasteiger partial charge in [-0.3, -0.25) is 9.69 Å². The standard InChI is InChI=1S/C16H24N2O/c1-16(2,3)18(11-13-7-5-4-6-8-13)12-15(19)17-14-9-10-14/h4-8,14H,9-12H2,1-3H3,(H,17,19). The number of amides is 1. The van der Waals surface area contributed by atoms with E-state index >= 15 is 0 Å². The van der Waals surface area contributed by atoms with Gasteiger partial charge in [-0.2, -0.15) is 0 Å². The Hall–Kier alpha value is -1.35. The summed E-state index contributed by atoms with van der Waals surface area (Å²) in [7, 11) is 0. The molecule has 1 saturated carbocycles. The summed E-state index contributed by atoms with van der Waals surface area (Å²) in [6.45, 7) is 7.73. The highest BCUT2D eigenvalue weighted by Gasteiger charge is 2.27. The van der Waals surface area contributed by atoms with Crippen molar-refractivity contribution < 1.29 is 4.79 Å². The molecule has 0 aliphatic heterocycles. The van der Waals surface area contributed by atoms with Gasteiger partial charge in [-0.15, -0.1) is 0 Å². The Labute approximate surface area is 116 Å². The van der Waals surface area contributed by atoms with Crippen LogP contribution in [0.3, 0.4) is 0 Å². The van der Waals surface area contributed by atoms with Crippen LogP contribution >= 0.6 is 0 Å². The second kappa shape index (κ2) is 5.74. The first-order valence-electron chi connectivity index (χ1n) is 7.03. The predicted molar refractivity (Wildman–Crippen MR) is 77.8 cm³/mol. The lowest BCUT2D eigenvalue weighted by Crippen LogP contribution is -2.47. The molecule has 0 radical (unpaired) electrons. The molecule has 1 aromatic carbocycles. The maximum atomic E-state index is 12.0. The maximum absolute atomic E-state index is 12.0. The van der Waals surface area contributed by atoms with Crippen LogP contribution in [0.5, 0.6) is 0 Å². The number of hydrogen-bond acceptors (Lipinski definition) is 2. The Balaban J connectivity index is 1.97. The first kappa shape index (κ1) is 14.1. The monoisotopic (exact) mass is 260 g/mol. The Bertz CT molecular complexity index is 418. The number of carbonyl (C=O) groups is 1. The molecule has 3 nitrogen and oxygen atoms in total. The lowest BCUT2D eigenvalue weighted by Gasteiger charge is -2.35. The topological polar surface area (TPSA) is 32.3 Å². The second-order valence-corrected chi connectivity index (χ2v) is 6.35. The quantitative estimate of drug-likeness (QED) is 0.882. The zero-order chi connectivity index (χ0) is 13.9. The van der Waals surface area contributed by atoms with E-state index in [1.807, 2.05) is 18.2 Å². The highest BCUT2D eigenvalue weighted by Crippen LogP contribution is 2.20. The van der Waals surface area contributed by atoms with E-state index in [1.165, 1.54) is 5.56 Å². The van der Waals surface area contributed by atoms with Crippen LogP contribution in [0, 0.1) is 0 Å². The summed E-state index contributed by atoms with van der Waals surface area (Å²) in [6, 6.07) is 10.8. The molecular formula is C16H24N2O. The summed E-state index contributed by atoms with van der Waals surface area (Å²) < 4.78 is 0. The van der Waals surface area contributed by atoms with E-state index in [0.29, 0.717) is 12.6 Å². The van der Waals surface area contributed by atoms with E-state index < -0.39 is 0 Å². The summed E-state index contributed by atoms with van der Waals surface area (Å²) >= 11 is 0. The van der Waals surface area contributed by atoms with E-state index in [4.69, 9.17) is 0 Å². The van der Waals surface area contributed by atoms with Gasteiger partial charge in [0, 0.05) is 18.1 Å². The van der Waals surface area contributed by atoms with Crippen LogP contribution in [-0.2, 0) is 11.3 Å². The van der Waals surface area contributed by atoms with Gasteiger partial charge in [0.05, 0.1) is 6.54 Å². The summed E-state index contributed by atoms with van der Waals surface area (Å²) in [4.78, 5) is 14.2. The van der Waals surface area contributed by atoms with Crippen molar-refractivity contribution in [2.75, 3.05) is 6.54 Å². The van der Waals surface area contributed by atoms with Crippen LogP contribution in [0.4, 0.5) is 0 Å². The van der Waals surface area contributed by atoms with Crippen molar-refractivity contribution >= 4 is 5.91 Å². The molecule has 1 amide bonds. The van der Waals surface area contributed by atoms with Crippen LogP contribution in [0.2, 0.25) is 0 Å². The molecule has 19 heavy (non-hydrogen) atoms. The summed E-state index contributed by atoms with van der Waals surface area (Å²) in [5.41, 5.74) is 1.23. The fourth-order valence-corrected chi connectivity index (χ4v) is 2.01. The normalized spacial score (nSPS) is 15.6. The molecule has 1 aliphatic carbocycles. The van der Waals surface area contributed by atoms with Gasteiger partial charge in [0.2, 0.25) is 5.91 Å². The van der Waals surface area contributed by atoms with Gasteiger partial charge in [0.15, 0.2) is 0 Å². The highest BCUT2D eigenvalue weighted by molar-refractivity contribution is 5.78. The lowest BCUT2D eigenvalue weighted by atomic mass is 10.0. The molecule has 0 saturated heterocycles. The number of benzene rings is 1. The molecule has 0 unspecified atom stereocenters. The molecule has 0 spiro atoms. The minimum absolute atomic E-state index is 0.0171. The van der Waals surface area contributed by atoms with Crippen LogP contribution in [0.1, 0.15) is 39.2 Å². The molecule has 0 aromatic heterocycles. The van der Waals surface area contributed by atoms with Crippen LogP contribution in [0.15, 0.2) is 30.3 Å². The minimum atomic E-state index is -0.0171. The third-order valence-corrected chi connectivity index (χ3v) is 3.44. The zero-order valence-electron chi connectivity index (χ0n) is 12.1. The third kappa shape index (κ3) is 4.67. The van der Waals surface area contributed by atoms with Crippen molar-refractivity contribution in [1.82, 2.24) is 10.2 Å². The number of carbonyl (C=O) groups excluding carboxylic acids is 1. The van der Waals surface area contributed by atoms with Gasteiger partial charge in [0.25, 0.3) is 0 Å². The van der Waals surface area contributed by atoms with E-state index in [0.717, 1.165) is 19.4 Å². The highest BCUT2D eigenvalue weighted by atomic mass is 16.2. The Morgan fingerprint density at radius 2 is 1.89 bits per heavy atom. The number of hydrogen-bond donors (Lipinski definition) is 1. The van der Waals surface area contributed by atoms with Crippen molar-refractivity contribution in [3.8, 4) is 0 Å². The average molecular weight is 260 g/mol. The van der Waals surface area contributed by atoms with E-state index in [-0.39, 0.29) is 11.4 Å². The molecule has 1 aliphatic rings. The largest absolute Gasteiger partial charge is 0.352 e. The Morgan fingerprint density at radius 3 is 2.42 bits per heavy atom. The van der Waals surface area contributed by atoms with Crippen molar-refractivity contribution in [3.05, 3.63) is 35.9 Å². The van der Waals surface area contributed by atoms with Gasteiger partial charge >= 0.3 is 0 Å². The van der Waals surface area contributed by atoms with Crippen LogP contribution in [-0.4, -0.2) is 28.9 Å². The van der Waals surface area contributed by atoms with Crippen LogP contribution < -0.4 is 5.32 Å². The average Bonchev–Trinajstić information content (AvgIpc) is 3.12. The molecule has 0 atom stereocenters. The summed E-state index contributed by atoms with van der Waals surface area (Å²) in [5, 5.41) is 3.06.